The van der Waals surface area contributed by atoms with Crippen molar-refractivity contribution in [3.05, 3.63) is 71.3 Å². The molecule has 0 radical (unpaired) electrons. The van der Waals surface area contributed by atoms with Crippen molar-refractivity contribution in [1.29, 1.82) is 0 Å². The minimum atomic E-state index is -0.449. The standard InChI is InChI=1S/C25H34N2O2/c1-5-23(25(29)26-18-19(2)3)27(15-14-21-11-7-6-8-12-21)24(28)17-22-13-9-10-20(4)16-22/h6-13,16,19,23H,5,14-15,17-18H2,1-4H3,(H,26,29). The molecule has 29 heavy (non-hydrogen) atoms. The summed E-state index contributed by atoms with van der Waals surface area (Å²) in [7, 11) is 0. The molecular formula is C25H34N2O2. The van der Waals surface area contributed by atoms with Gasteiger partial charge in [0.1, 0.15) is 6.04 Å². The van der Waals surface area contributed by atoms with Crippen molar-refractivity contribution in [3.63, 3.8) is 0 Å². The third-order valence-corrected chi connectivity index (χ3v) is 4.99. The second-order valence-corrected chi connectivity index (χ2v) is 8.05. The molecule has 4 nitrogen and oxygen atoms in total. The zero-order chi connectivity index (χ0) is 21.2. The van der Waals surface area contributed by atoms with Crippen LogP contribution in [0.1, 0.15) is 43.9 Å². The van der Waals surface area contributed by atoms with Crippen LogP contribution in [0.15, 0.2) is 54.6 Å². The molecular weight excluding hydrogens is 360 g/mol. The number of aryl methyl sites for hydroxylation is 1. The van der Waals surface area contributed by atoms with Gasteiger partial charge < -0.3 is 10.2 Å². The number of nitrogens with one attached hydrogen (secondary N) is 1. The Morgan fingerprint density at radius 2 is 1.69 bits per heavy atom. The van der Waals surface area contributed by atoms with Crippen LogP contribution in [0, 0.1) is 12.8 Å². The van der Waals surface area contributed by atoms with Gasteiger partial charge in [-0.25, -0.2) is 0 Å². The fourth-order valence-electron chi connectivity index (χ4n) is 3.42. The average molecular weight is 395 g/mol. The molecule has 1 N–H and O–H groups in total. The highest BCUT2D eigenvalue weighted by Crippen LogP contribution is 2.13. The predicted octanol–water partition coefficient (Wildman–Crippen LogP) is 4.16. The summed E-state index contributed by atoms with van der Waals surface area (Å²) in [6, 6.07) is 17.7. The molecule has 4 heteroatoms. The van der Waals surface area contributed by atoms with Crippen LogP contribution in [0.3, 0.4) is 0 Å². The van der Waals surface area contributed by atoms with E-state index in [9.17, 15) is 9.59 Å². The smallest absolute Gasteiger partial charge is 0.242 e. The predicted molar refractivity (Wildman–Crippen MR) is 119 cm³/mol. The molecule has 0 saturated heterocycles. The molecule has 0 aliphatic carbocycles. The fourth-order valence-corrected chi connectivity index (χ4v) is 3.42. The Labute approximate surface area is 175 Å². The molecule has 0 fully saturated rings. The Morgan fingerprint density at radius 1 is 1.00 bits per heavy atom. The maximum Gasteiger partial charge on any atom is 0.242 e. The maximum atomic E-state index is 13.2. The summed E-state index contributed by atoms with van der Waals surface area (Å²) in [4.78, 5) is 27.8. The van der Waals surface area contributed by atoms with Gasteiger partial charge in [0.2, 0.25) is 11.8 Å². The zero-order valence-electron chi connectivity index (χ0n) is 18.2. The van der Waals surface area contributed by atoms with Gasteiger partial charge in [0, 0.05) is 13.1 Å². The molecule has 2 aromatic carbocycles. The summed E-state index contributed by atoms with van der Waals surface area (Å²) in [5.41, 5.74) is 3.28. The van der Waals surface area contributed by atoms with E-state index in [0.29, 0.717) is 31.8 Å². The second kappa shape index (κ2) is 11.4. The highest BCUT2D eigenvalue weighted by atomic mass is 16.2. The van der Waals surface area contributed by atoms with Gasteiger partial charge in [-0.05, 0) is 36.8 Å². The lowest BCUT2D eigenvalue weighted by Gasteiger charge is -2.31. The Hall–Kier alpha value is -2.62. The van der Waals surface area contributed by atoms with Gasteiger partial charge in [-0.1, -0.05) is 80.9 Å². The van der Waals surface area contributed by atoms with Gasteiger partial charge in [-0.3, -0.25) is 9.59 Å². The number of carbonyl (C=O) groups is 2. The van der Waals surface area contributed by atoms with Crippen molar-refractivity contribution in [1.82, 2.24) is 10.2 Å². The summed E-state index contributed by atoms with van der Waals surface area (Å²) in [6.07, 6.45) is 1.64. The first-order valence-electron chi connectivity index (χ1n) is 10.6. The largest absolute Gasteiger partial charge is 0.354 e. The Kier molecular flexibility index (Phi) is 8.91. The van der Waals surface area contributed by atoms with Crippen LogP contribution in [0.4, 0.5) is 0 Å². The van der Waals surface area contributed by atoms with Crippen LogP contribution in [0.5, 0.6) is 0 Å². The first kappa shape index (κ1) is 22.7. The molecule has 0 aromatic heterocycles. The van der Waals surface area contributed by atoms with E-state index >= 15 is 0 Å². The van der Waals surface area contributed by atoms with E-state index < -0.39 is 6.04 Å². The lowest BCUT2D eigenvalue weighted by Crippen LogP contribution is -2.51. The van der Waals surface area contributed by atoms with Gasteiger partial charge in [0.05, 0.1) is 6.42 Å². The van der Waals surface area contributed by atoms with E-state index in [1.165, 1.54) is 5.56 Å². The highest BCUT2D eigenvalue weighted by Gasteiger charge is 2.28. The van der Waals surface area contributed by atoms with Gasteiger partial charge in [0.15, 0.2) is 0 Å². The number of benzene rings is 2. The van der Waals surface area contributed by atoms with Crippen LogP contribution in [0.25, 0.3) is 0 Å². The van der Waals surface area contributed by atoms with Crippen molar-refractivity contribution in [2.45, 2.75) is 53.0 Å². The van der Waals surface area contributed by atoms with Crippen molar-refractivity contribution in [3.8, 4) is 0 Å². The summed E-state index contributed by atoms with van der Waals surface area (Å²) >= 11 is 0. The van der Waals surface area contributed by atoms with Crippen molar-refractivity contribution < 1.29 is 9.59 Å². The SMILES string of the molecule is CCC(C(=O)NCC(C)C)N(CCc1ccccc1)C(=O)Cc1cccc(C)c1. The minimum Gasteiger partial charge on any atom is -0.354 e. The molecule has 0 saturated carbocycles. The summed E-state index contributed by atoms with van der Waals surface area (Å²) in [5, 5.41) is 3.01. The number of hydrogen-bond donors (Lipinski definition) is 1. The van der Waals surface area contributed by atoms with Gasteiger partial charge in [-0.15, -0.1) is 0 Å². The molecule has 2 aromatic rings. The maximum absolute atomic E-state index is 13.2. The molecule has 2 rings (SSSR count). The third kappa shape index (κ3) is 7.37. The number of hydrogen-bond acceptors (Lipinski definition) is 2. The van der Waals surface area contributed by atoms with Crippen molar-refractivity contribution in [2.75, 3.05) is 13.1 Å². The number of amides is 2. The van der Waals surface area contributed by atoms with Crippen LogP contribution >= 0.6 is 0 Å². The van der Waals surface area contributed by atoms with Crippen LogP contribution < -0.4 is 5.32 Å². The second-order valence-electron chi connectivity index (χ2n) is 8.05. The monoisotopic (exact) mass is 394 g/mol. The minimum absolute atomic E-state index is 0.00178. The molecule has 1 unspecified atom stereocenters. The van der Waals surface area contributed by atoms with E-state index in [0.717, 1.165) is 17.5 Å². The number of nitrogens with zero attached hydrogens (tertiary/aromatic N) is 1. The summed E-state index contributed by atoms with van der Waals surface area (Å²) in [6.45, 7) is 9.27. The normalized spacial score (nSPS) is 11.9. The van der Waals surface area contributed by atoms with Gasteiger partial charge in [-0.2, -0.15) is 0 Å². The zero-order valence-corrected chi connectivity index (χ0v) is 18.2. The quantitative estimate of drug-likeness (QED) is 0.658. The molecule has 0 spiro atoms. The lowest BCUT2D eigenvalue weighted by molar-refractivity contribution is -0.140. The van der Waals surface area contributed by atoms with Gasteiger partial charge in [0.25, 0.3) is 0 Å². The molecule has 0 aliphatic rings. The van der Waals surface area contributed by atoms with Crippen molar-refractivity contribution in [2.24, 2.45) is 5.92 Å². The van der Waals surface area contributed by atoms with E-state index in [1.807, 2.05) is 56.3 Å². The van der Waals surface area contributed by atoms with Crippen LogP contribution in [0.2, 0.25) is 0 Å². The van der Waals surface area contributed by atoms with Crippen LogP contribution in [-0.2, 0) is 22.4 Å². The van der Waals surface area contributed by atoms with Gasteiger partial charge >= 0.3 is 0 Å². The molecule has 156 valence electrons. The summed E-state index contributed by atoms with van der Waals surface area (Å²) < 4.78 is 0. The molecule has 1 atom stereocenters. The van der Waals surface area contributed by atoms with Crippen LogP contribution in [-0.4, -0.2) is 35.8 Å². The van der Waals surface area contributed by atoms with Crippen molar-refractivity contribution >= 4 is 11.8 Å². The first-order chi connectivity index (χ1) is 13.9. The highest BCUT2D eigenvalue weighted by molar-refractivity contribution is 5.88. The Morgan fingerprint density at radius 3 is 2.31 bits per heavy atom. The molecule has 0 heterocycles. The average Bonchev–Trinajstić information content (AvgIpc) is 2.70. The lowest BCUT2D eigenvalue weighted by atomic mass is 10.0. The van der Waals surface area contributed by atoms with E-state index in [-0.39, 0.29) is 11.8 Å². The van der Waals surface area contributed by atoms with E-state index in [4.69, 9.17) is 0 Å². The van der Waals surface area contributed by atoms with E-state index in [1.54, 1.807) is 4.90 Å². The Balaban J connectivity index is 2.17. The Bertz CT molecular complexity index is 786. The third-order valence-electron chi connectivity index (χ3n) is 4.99. The first-order valence-corrected chi connectivity index (χ1v) is 10.6. The topological polar surface area (TPSA) is 49.4 Å². The number of rotatable bonds is 10. The molecule has 0 aliphatic heterocycles. The molecule has 0 bridgehead atoms. The molecule has 2 amide bonds. The van der Waals surface area contributed by atoms with E-state index in [2.05, 4.69) is 31.3 Å². The summed E-state index contributed by atoms with van der Waals surface area (Å²) in [5.74, 6) is 0.308. The number of carbonyl (C=O) groups excluding carboxylic acids is 2. The fraction of sp³-hybridized carbons (Fsp3) is 0.440.